The third kappa shape index (κ3) is 5.76. The van der Waals surface area contributed by atoms with Gasteiger partial charge in [0.15, 0.2) is 0 Å². The second kappa shape index (κ2) is 10.5. The fourth-order valence-electron chi connectivity index (χ4n) is 4.89. The molecular weight excluding hydrogens is 468 g/mol. The van der Waals surface area contributed by atoms with Crippen molar-refractivity contribution in [3.63, 3.8) is 0 Å². The number of fused-ring (bicyclic) bond motifs is 1. The van der Waals surface area contributed by atoms with Crippen LogP contribution in [0.1, 0.15) is 68.9 Å². The number of methoxy groups -OCH3 is 1. The van der Waals surface area contributed by atoms with Crippen molar-refractivity contribution in [2.75, 3.05) is 33.3 Å². The Labute approximate surface area is 220 Å². The third-order valence-corrected chi connectivity index (χ3v) is 6.95. The van der Waals surface area contributed by atoms with E-state index >= 15 is 0 Å². The number of rotatable bonds is 5. The second-order valence-electron chi connectivity index (χ2n) is 10.6. The molecule has 1 fully saturated rings. The minimum Gasteiger partial charge on any atom is -0.497 e. The van der Waals surface area contributed by atoms with Crippen LogP contribution >= 0.6 is 0 Å². The Morgan fingerprint density at radius 2 is 1.68 bits per heavy atom. The number of amides is 2. The van der Waals surface area contributed by atoms with E-state index in [1.807, 2.05) is 82.0 Å². The minimum absolute atomic E-state index is 0.0358. The van der Waals surface area contributed by atoms with Gasteiger partial charge in [-0.25, -0.2) is 4.79 Å². The predicted octanol–water partition coefficient (Wildman–Crippen LogP) is 5.77. The molecule has 0 N–H and O–H groups in total. The molecule has 198 valence electrons. The minimum atomic E-state index is -0.553. The summed E-state index contributed by atoms with van der Waals surface area (Å²) in [6.45, 7) is 12.0. The fraction of sp³-hybridized carbons (Fsp3) is 0.467. The summed E-state index contributed by atoms with van der Waals surface area (Å²) in [6, 6.07) is 13.7. The average Bonchev–Trinajstić information content (AvgIpc) is 2.88. The van der Waals surface area contributed by atoms with Crippen LogP contribution in [0, 0.1) is 0 Å². The zero-order valence-corrected chi connectivity index (χ0v) is 22.8. The summed E-state index contributed by atoms with van der Waals surface area (Å²) in [5, 5.41) is 0. The summed E-state index contributed by atoms with van der Waals surface area (Å²) in [5.41, 5.74) is 2.63. The summed E-state index contributed by atoms with van der Waals surface area (Å²) in [6.07, 6.45) is 3.18. The molecule has 2 aliphatic heterocycles. The maximum Gasteiger partial charge on any atom is 0.410 e. The predicted molar refractivity (Wildman–Crippen MR) is 144 cm³/mol. The fourth-order valence-corrected chi connectivity index (χ4v) is 4.89. The van der Waals surface area contributed by atoms with Crippen molar-refractivity contribution in [1.29, 1.82) is 0 Å². The first-order chi connectivity index (χ1) is 17.6. The summed E-state index contributed by atoms with van der Waals surface area (Å²) in [5.74, 6) is 1.51. The molecular formula is C30H38N2O5. The van der Waals surface area contributed by atoms with E-state index in [-0.39, 0.29) is 12.0 Å². The topological polar surface area (TPSA) is 68.3 Å². The zero-order valence-electron chi connectivity index (χ0n) is 22.8. The molecule has 2 amide bonds. The van der Waals surface area contributed by atoms with Crippen LogP contribution in [0.3, 0.4) is 0 Å². The highest BCUT2D eigenvalue weighted by Gasteiger charge is 2.41. The molecule has 37 heavy (non-hydrogen) atoms. The van der Waals surface area contributed by atoms with Gasteiger partial charge in [-0.2, -0.15) is 0 Å². The second-order valence-corrected chi connectivity index (χ2v) is 10.6. The first-order valence-corrected chi connectivity index (χ1v) is 13.1. The van der Waals surface area contributed by atoms with Gasteiger partial charge >= 0.3 is 6.09 Å². The van der Waals surface area contributed by atoms with Crippen LogP contribution in [0.4, 0.5) is 4.79 Å². The van der Waals surface area contributed by atoms with Crippen molar-refractivity contribution < 1.29 is 23.8 Å². The number of ether oxygens (including phenoxy) is 3. The molecule has 2 aromatic carbocycles. The van der Waals surface area contributed by atoms with Gasteiger partial charge in [0.1, 0.15) is 22.7 Å². The summed E-state index contributed by atoms with van der Waals surface area (Å²) in [4.78, 5) is 29.0. The monoisotopic (exact) mass is 506 g/mol. The maximum atomic E-state index is 12.8. The van der Waals surface area contributed by atoms with E-state index in [1.54, 1.807) is 12.0 Å². The number of hydrogen-bond acceptors (Lipinski definition) is 5. The van der Waals surface area contributed by atoms with Crippen molar-refractivity contribution in [3.8, 4) is 11.5 Å². The quantitative estimate of drug-likeness (QED) is 0.515. The highest BCUT2D eigenvalue weighted by atomic mass is 16.6. The molecule has 0 aliphatic carbocycles. The molecule has 0 bridgehead atoms. The van der Waals surface area contributed by atoms with Gasteiger partial charge in [0, 0.05) is 56.2 Å². The number of benzene rings is 2. The normalized spacial score (nSPS) is 16.4. The molecule has 1 saturated heterocycles. The van der Waals surface area contributed by atoms with Gasteiger partial charge in [-0.3, -0.25) is 4.79 Å². The Morgan fingerprint density at radius 1 is 1.03 bits per heavy atom. The molecule has 7 heteroatoms. The number of piperidine rings is 1. The summed E-state index contributed by atoms with van der Waals surface area (Å²) in [7, 11) is 1.64. The first kappa shape index (κ1) is 26.6. The zero-order chi connectivity index (χ0) is 26.8. The number of carbonyl (C=O) groups is 2. The van der Waals surface area contributed by atoms with Gasteiger partial charge in [0.25, 0.3) is 5.91 Å². The van der Waals surface area contributed by atoms with Crippen molar-refractivity contribution >= 4 is 17.6 Å². The lowest BCUT2D eigenvalue weighted by Crippen LogP contribution is -2.50. The van der Waals surface area contributed by atoms with Gasteiger partial charge in [-0.15, -0.1) is 0 Å². The number of carbonyl (C=O) groups excluding carboxylic acids is 2. The summed E-state index contributed by atoms with van der Waals surface area (Å²) < 4.78 is 17.7. The molecule has 0 aromatic heterocycles. The maximum absolute atomic E-state index is 12.8. The van der Waals surface area contributed by atoms with Gasteiger partial charge in [-0.1, -0.05) is 12.1 Å². The third-order valence-electron chi connectivity index (χ3n) is 6.95. The number of likely N-dealkylation sites (tertiary alicyclic amines) is 1. The van der Waals surface area contributed by atoms with Crippen LogP contribution < -0.4 is 9.47 Å². The van der Waals surface area contributed by atoms with Crippen molar-refractivity contribution in [2.45, 2.75) is 58.7 Å². The molecule has 2 aliphatic rings. The van der Waals surface area contributed by atoms with Crippen molar-refractivity contribution in [1.82, 2.24) is 9.80 Å². The SMILES string of the molecule is CCN(CC)C(=O)c1ccc(C2=CC3(CCN(C(=O)OC(C)(C)C)CC3)Oc3cc(OC)ccc32)cc1. The van der Waals surface area contributed by atoms with Crippen LogP contribution in [0.5, 0.6) is 11.5 Å². The van der Waals surface area contributed by atoms with Crippen molar-refractivity contribution in [3.05, 3.63) is 65.2 Å². The van der Waals surface area contributed by atoms with E-state index in [2.05, 4.69) is 6.08 Å². The highest BCUT2D eigenvalue weighted by Crippen LogP contribution is 2.44. The first-order valence-electron chi connectivity index (χ1n) is 13.1. The Balaban J connectivity index is 1.64. The standard InChI is InChI=1S/C30H38N2O5/c1-7-31(8-2)27(33)22-11-9-21(10-12-22)25-20-30(36-26-19-23(35-6)13-14-24(25)26)15-17-32(18-16-30)28(34)37-29(3,4)5/h9-14,19-20H,7-8,15-18H2,1-6H3. The largest absolute Gasteiger partial charge is 0.497 e. The molecule has 0 radical (unpaired) electrons. The molecule has 0 saturated carbocycles. The Hall–Kier alpha value is -3.48. The smallest absolute Gasteiger partial charge is 0.410 e. The van der Waals surface area contributed by atoms with E-state index in [0.29, 0.717) is 44.6 Å². The van der Waals surface area contributed by atoms with E-state index in [4.69, 9.17) is 14.2 Å². The lowest BCUT2D eigenvalue weighted by atomic mass is 9.83. The molecule has 7 nitrogen and oxygen atoms in total. The molecule has 1 spiro atoms. The Kier molecular flexibility index (Phi) is 7.53. The molecule has 0 unspecified atom stereocenters. The Morgan fingerprint density at radius 3 is 2.24 bits per heavy atom. The lowest BCUT2D eigenvalue weighted by Gasteiger charge is -2.43. The summed E-state index contributed by atoms with van der Waals surface area (Å²) >= 11 is 0. The lowest BCUT2D eigenvalue weighted by molar-refractivity contribution is -0.00120. The van der Waals surface area contributed by atoms with Gasteiger partial charge in [0.05, 0.1) is 7.11 Å². The van der Waals surface area contributed by atoms with Crippen LogP contribution in [-0.2, 0) is 4.74 Å². The Bertz CT molecular complexity index is 1170. The van der Waals surface area contributed by atoms with Crippen LogP contribution in [0.2, 0.25) is 0 Å². The van der Waals surface area contributed by atoms with Crippen molar-refractivity contribution in [2.24, 2.45) is 0 Å². The van der Waals surface area contributed by atoms with E-state index in [1.165, 1.54) is 0 Å². The van der Waals surface area contributed by atoms with Gasteiger partial charge in [0.2, 0.25) is 0 Å². The van der Waals surface area contributed by atoms with Gasteiger partial charge < -0.3 is 24.0 Å². The van der Waals surface area contributed by atoms with Crippen LogP contribution in [0.25, 0.3) is 5.57 Å². The average molecular weight is 507 g/mol. The highest BCUT2D eigenvalue weighted by molar-refractivity contribution is 5.95. The van der Waals surface area contributed by atoms with E-state index < -0.39 is 11.2 Å². The number of hydrogen-bond donors (Lipinski definition) is 0. The van der Waals surface area contributed by atoms with E-state index in [0.717, 1.165) is 28.2 Å². The molecule has 2 heterocycles. The number of nitrogens with zero attached hydrogens (tertiary/aromatic N) is 2. The van der Waals surface area contributed by atoms with Gasteiger partial charge in [-0.05, 0) is 76.1 Å². The molecule has 2 aromatic rings. The molecule has 0 atom stereocenters. The van der Waals surface area contributed by atoms with E-state index in [9.17, 15) is 9.59 Å². The van der Waals surface area contributed by atoms with Crippen LogP contribution in [0.15, 0.2) is 48.5 Å². The van der Waals surface area contributed by atoms with Crippen LogP contribution in [-0.4, -0.2) is 66.3 Å². The molecule has 4 rings (SSSR count).